The number of hydrogen-bond donors (Lipinski definition) is 1. The van der Waals surface area contributed by atoms with Crippen molar-refractivity contribution in [1.82, 2.24) is 10.2 Å². The molecule has 94 valence electrons. The molecule has 2 fully saturated rings. The number of likely N-dealkylation sites (N-methyl/N-ethyl adjacent to an activating group) is 1. The fourth-order valence-corrected chi connectivity index (χ4v) is 3.21. The van der Waals surface area contributed by atoms with Crippen LogP contribution in [-0.4, -0.2) is 37.6 Å². The molecule has 0 amide bonds. The lowest BCUT2D eigenvalue weighted by molar-refractivity contribution is 0.272. The molecule has 2 aliphatic rings. The van der Waals surface area contributed by atoms with Gasteiger partial charge in [-0.2, -0.15) is 0 Å². The number of rotatable bonds is 4. The van der Waals surface area contributed by atoms with Gasteiger partial charge in [-0.25, -0.2) is 0 Å². The largest absolute Gasteiger partial charge is 0.313 e. The molecule has 1 saturated heterocycles. The van der Waals surface area contributed by atoms with E-state index in [1.54, 1.807) is 0 Å². The first-order chi connectivity index (χ1) is 7.74. The van der Waals surface area contributed by atoms with Gasteiger partial charge in [-0.3, -0.25) is 0 Å². The Morgan fingerprint density at radius 3 is 2.50 bits per heavy atom. The lowest BCUT2D eigenvalue weighted by Gasteiger charge is -2.26. The number of likely N-dealkylation sites (tertiary alicyclic amines) is 1. The molecule has 0 aromatic heterocycles. The molecular formula is C14H28N2. The maximum absolute atomic E-state index is 3.73. The van der Waals surface area contributed by atoms with Crippen LogP contribution in [0, 0.1) is 11.8 Å². The molecule has 1 saturated carbocycles. The zero-order valence-corrected chi connectivity index (χ0v) is 11.0. The van der Waals surface area contributed by atoms with Crippen molar-refractivity contribution in [3.63, 3.8) is 0 Å². The van der Waals surface area contributed by atoms with E-state index in [-0.39, 0.29) is 0 Å². The smallest absolute Gasteiger partial charge is 0.0207 e. The predicted molar refractivity (Wildman–Crippen MR) is 69.6 cm³/mol. The van der Waals surface area contributed by atoms with Gasteiger partial charge in [-0.05, 0) is 44.8 Å². The van der Waals surface area contributed by atoms with E-state index in [1.165, 1.54) is 58.2 Å². The second kappa shape index (κ2) is 6.02. The highest BCUT2D eigenvalue weighted by Crippen LogP contribution is 2.29. The van der Waals surface area contributed by atoms with E-state index in [9.17, 15) is 0 Å². The van der Waals surface area contributed by atoms with Gasteiger partial charge in [-0.15, -0.1) is 0 Å². The Bertz CT molecular complexity index is 197. The molecule has 1 aliphatic heterocycles. The van der Waals surface area contributed by atoms with Crippen molar-refractivity contribution in [3.8, 4) is 0 Å². The maximum Gasteiger partial charge on any atom is 0.0207 e. The quantitative estimate of drug-likeness (QED) is 0.789. The van der Waals surface area contributed by atoms with Crippen molar-refractivity contribution in [2.24, 2.45) is 11.8 Å². The van der Waals surface area contributed by atoms with E-state index in [0.717, 1.165) is 17.9 Å². The van der Waals surface area contributed by atoms with Crippen LogP contribution < -0.4 is 5.32 Å². The van der Waals surface area contributed by atoms with Gasteiger partial charge in [0.15, 0.2) is 0 Å². The third kappa shape index (κ3) is 3.74. The van der Waals surface area contributed by atoms with Crippen molar-refractivity contribution < 1.29 is 0 Å². The van der Waals surface area contributed by atoms with E-state index in [1.807, 2.05) is 0 Å². The molecule has 0 bridgehead atoms. The maximum atomic E-state index is 3.73. The van der Waals surface area contributed by atoms with Crippen LogP contribution in [0.5, 0.6) is 0 Å². The average molecular weight is 224 g/mol. The summed E-state index contributed by atoms with van der Waals surface area (Å²) in [5.74, 6) is 2.01. The van der Waals surface area contributed by atoms with Gasteiger partial charge in [-0.1, -0.05) is 32.6 Å². The summed E-state index contributed by atoms with van der Waals surface area (Å²) >= 11 is 0. The standard InChI is InChI=1S/C14H28N2/c1-12-3-5-13(6-4-12)7-9-15-14-8-10-16(2)11-14/h12-15H,3-11H2,1-2H3. The van der Waals surface area contributed by atoms with Gasteiger partial charge in [0.1, 0.15) is 0 Å². The Balaban J connectivity index is 1.54. The second-order valence-electron chi connectivity index (χ2n) is 6.12. The summed E-state index contributed by atoms with van der Waals surface area (Å²) in [5, 5.41) is 3.73. The van der Waals surface area contributed by atoms with Gasteiger partial charge in [0, 0.05) is 12.6 Å². The highest BCUT2D eigenvalue weighted by molar-refractivity contribution is 4.79. The van der Waals surface area contributed by atoms with E-state index in [2.05, 4.69) is 24.2 Å². The minimum absolute atomic E-state index is 0.771. The molecule has 0 radical (unpaired) electrons. The first kappa shape index (κ1) is 12.4. The van der Waals surface area contributed by atoms with Gasteiger partial charge in [0.25, 0.3) is 0 Å². The van der Waals surface area contributed by atoms with Crippen molar-refractivity contribution in [2.75, 3.05) is 26.7 Å². The Labute approximate surface area is 101 Å². The van der Waals surface area contributed by atoms with Crippen LogP contribution in [0.25, 0.3) is 0 Å². The van der Waals surface area contributed by atoms with Crippen LogP contribution in [-0.2, 0) is 0 Å². The van der Waals surface area contributed by atoms with Crippen LogP contribution in [0.15, 0.2) is 0 Å². The molecule has 1 atom stereocenters. The fraction of sp³-hybridized carbons (Fsp3) is 1.00. The fourth-order valence-electron chi connectivity index (χ4n) is 3.21. The number of hydrogen-bond acceptors (Lipinski definition) is 2. The van der Waals surface area contributed by atoms with Crippen LogP contribution in [0.1, 0.15) is 45.4 Å². The summed E-state index contributed by atoms with van der Waals surface area (Å²) in [5.41, 5.74) is 0. The Kier molecular flexibility index (Phi) is 4.66. The van der Waals surface area contributed by atoms with Crippen LogP contribution in [0.2, 0.25) is 0 Å². The van der Waals surface area contributed by atoms with Crippen molar-refractivity contribution in [2.45, 2.75) is 51.5 Å². The van der Waals surface area contributed by atoms with E-state index < -0.39 is 0 Å². The molecular weight excluding hydrogens is 196 g/mol. The molecule has 2 nitrogen and oxygen atoms in total. The van der Waals surface area contributed by atoms with Gasteiger partial charge in [0.2, 0.25) is 0 Å². The summed E-state index contributed by atoms with van der Waals surface area (Å²) in [7, 11) is 2.23. The second-order valence-corrected chi connectivity index (χ2v) is 6.12. The molecule has 2 rings (SSSR count). The van der Waals surface area contributed by atoms with Gasteiger partial charge in [0.05, 0.1) is 0 Å². The molecule has 0 spiro atoms. The highest BCUT2D eigenvalue weighted by atomic mass is 15.2. The summed E-state index contributed by atoms with van der Waals surface area (Å²) in [4.78, 5) is 2.43. The third-order valence-electron chi connectivity index (χ3n) is 4.51. The van der Waals surface area contributed by atoms with Gasteiger partial charge < -0.3 is 10.2 Å². The first-order valence-electron chi connectivity index (χ1n) is 7.16. The molecule has 1 N–H and O–H groups in total. The normalized spacial score (nSPS) is 36.8. The zero-order chi connectivity index (χ0) is 11.4. The average Bonchev–Trinajstić information content (AvgIpc) is 2.67. The molecule has 1 aliphatic carbocycles. The molecule has 0 aromatic rings. The summed E-state index contributed by atoms with van der Waals surface area (Å²) in [6.07, 6.45) is 8.65. The number of nitrogens with one attached hydrogen (secondary N) is 1. The minimum Gasteiger partial charge on any atom is -0.313 e. The Morgan fingerprint density at radius 1 is 1.12 bits per heavy atom. The molecule has 0 aromatic carbocycles. The first-order valence-corrected chi connectivity index (χ1v) is 7.16. The molecule has 1 heterocycles. The molecule has 2 heteroatoms. The van der Waals surface area contributed by atoms with Crippen LogP contribution in [0.3, 0.4) is 0 Å². The van der Waals surface area contributed by atoms with Crippen LogP contribution >= 0.6 is 0 Å². The SMILES string of the molecule is CC1CCC(CCNC2CCN(C)C2)CC1. The van der Waals surface area contributed by atoms with E-state index in [4.69, 9.17) is 0 Å². The predicted octanol–water partition coefficient (Wildman–Crippen LogP) is 2.50. The summed E-state index contributed by atoms with van der Waals surface area (Å²) in [6.45, 7) is 6.18. The highest BCUT2D eigenvalue weighted by Gasteiger charge is 2.20. The topological polar surface area (TPSA) is 15.3 Å². The van der Waals surface area contributed by atoms with Crippen molar-refractivity contribution in [3.05, 3.63) is 0 Å². The third-order valence-corrected chi connectivity index (χ3v) is 4.51. The van der Waals surface area contributed by atoms with Crippen molar-refractivity contribution >= 4 is 0 Å². The van der Waals surface area contributed by atoms with E-state index in [0.29, 0.717) is 0 Å². The number of nitrogens with zero attached hydrogens (tertiary/aromatic N) is 1. The Morgan fingerprint density at radius 2 is 1.88 bits per heavy atom. The van der Waals surface area contributed by atoms with Gasteiger partial charge >= 0.3 is 0 Å². The van der Waals surface area contributed by atoms with E-state index >= 15 is 0 Å². The van der Waals surface area contributed by atoms with Crippen molar-refractivity contribution in [1.29, 1.82) is 0 Å². The molecule has 1 unspecified atom stereocenters. The zero-order valence-electron chi connectivity index (χ0n) is 11.0. The molecule has 16 heavy (non-hydrogen) atoms. The lowest BCUT2D eigenvalue weighted by atomic mass is 9.81. The van der Waals surface area contributed by atoms with Crippen LogP contribution in [0.4, 0.5) is 0 Å². The minimum atomic E-state index is 0.771. The monoisotopic (exact) mass is 224 g/mol. The summed E-state index contributed by atoms with van der Waals surface area (Å²) in [6, 6.07) is 0.771. The lowest BCUT2D eigenvalue weighted by Crippen LogP contribution is -2.33. The summed E-state index contributed by atoms with van der Waals surface area (Å²) < 4.78 is 0. The Hall–Kier alpha value is -0.0800.